The first kappa shape index (κ1) is 16.2. The maximum absolute atomic E-state index is 12.7. The predicted octanol–water partition coefficient (Wildman–Crippen LogP) is 4.93. The van der Waals surface area contributed by atoms with Crippen molar-refractivity contribution in [1.29, 1.82) is 0 Å². The van der Waals surface area contributed by atoms with Crippen LogP contribution in [0.1, 0.15) is 0 Å². The lowest BCUT2D eigenvalue weighted by Crippen LogP contribution is -2.29. The van der Waals surface area contributed by atoms with Gasteiger partial charge in [0, 0.05) is 12.1 Å². The standard InChI is InChI=1S/C19H14N2O4/c22-19(25-18-13-11-17(12-14-18)21(23)24)20(15-7-3-1-4-8-15)16-9-5-2-6-10-16/h1-14H. The lowest BCUT2D eigenvalue weighted by molar-refractivity contribution is -0.384. The van der Waals surface area contributed by atoms with Crippen molar-refractivity contribution in [2.24, 2.45) is 0 Å². The molecule has 0 spiro atoms. The van der Waals surface area contributed by atoms with E-state index in [0.717, 1.165) is 0 Å². The number of hydrogen-bond acceptors (Lipinski definition) is 4. The van der Waals surface area contributed by atoms with E-state index in [9.17, 15) is 14.9 Å². The van der Waals surface area contributed by atoms with Gasteiger partial charge in [0.25, 0.3) is 5.69 Å². The highest BCUT2D eigenvalue weighted by Gasteiger charge is 2.20. The van der Waals surface area contributed by atoms with Gasteiger partial charge in [0.1, 0.15) is 5.75 Å². The van der Waals surface area contributed by atoms with Crippen LogP contribution in [0.3, 0.4) is 0 Å². The molecule has 124 valence electrons. The summed E-state index contributed by atoms with van der Waals surface area (Å²) in [7, 11) is 0. The molecule has 1 amide bonds. The van der Waals surface area contributed by atoms with Gasteiger partial charge in [-0.2, -0.15) is 0 Å². The second-order valence-corrected chi connectivity index (χ2v) is 5.13. The molecule has 3 aromatic rings. The molecule has 3 rings (SSSR count). The number of nitro benzene ring substituents is 1. The highest BCUT2D eigenvalue weighted by atomic mass is 16.6. The zero-order chi connectivity index (χ0) is 17.6. The molecule has 0 atom stereocenters. The van der Waals surface area contributed by atoms with E-state index < -0.39 is 11.0 Å². The van der Waals surface area contributed by atoms with E-state index in [0.29, 0.717) is 11.4 Å². The van der Waals surface area contributed by atoms with Gasteiger partial charge in [-0.1, -0.05) is 36.4 Å². The minimum Gasteiger partial charge on any atom is -0.410 e. The largest absolute Gasteiger partial charge is 0.424 e. The lowest BCUT2D eigenvalue weighted by Gasteiger charge is -2.22. The smallest absolute Gasteiger partial charge is 0.410 e. The number of nitro groups is 1. The summed E-state index contributed by atoms with van der Waals surface area (Å²) in [5, 5.41) is 10.7. The number of carbonyl (C=O) groups excluding carboxylic acids is 1. The molecule has 0 radical (unpaired) electrons. The molecule has 0 aliphatic rings. The van der Waals surface area contributed by atoms with E-state index in [1.807, 2.05) is 36.4 Å². The van der Waals surface area contributed by atoms with Gasteiger partial charge < -0.3 is 4.74 Å². The third-order valence-electron chi connectivity index (χ3n) is 3.46. The Hall–Kier alpha value is -3.67. The first-order chi connectivity index (χ1) is 12.1. The molecule has 0 saturated heterocycles. The van der Waals surface area contributed by atoms with Crippen LogP contribution in [0.5, 0.6) is 5.75 Å². The fourth-order valence-corrected chi connectivity index (χ4v) is 2.30. The molecular formula is C19H14N2O4. The number of rotatable bonds is 4. The molecule has 0 aromatic heterocycles. The van der Waals surface area contributed by atoms with Crippen molar-refractivity contribution in [3.63, 3.8) is 0 Å². The van der Waals surface area contributed by atoms with Crippen molar-refractivity contribution < 1.29 is 14.5 Å². The van der Waals surface area contributed by atoms with Gasteiger partial charge in [0.2, 0.25) is 0 Å². The Morgan fingerprint density at radius 2 is 1.28 bits per heavy atom. The number of carbonyl (C=O) groups is 1. The normalized spacial score (nSPS) is 10.1. The van der Waals surface area contributed by atoms with Crippen molar-refractivity contribution >= 4 is 23.2 Å². The van der Waals surface area contributed by atoms with Crippen LogP contribution >= 0.6 is 0 Å². The second kappa shape index (κ2) is 7.27. The third-order valence-corrected chi connectivity index (χ3v) is 3.46. The number of ether oxygens (including phenoxy) is 1. The Labute approximate surface area is 144 Å². The molecule has 6 nitrogen and oxygen atoms in total. The van der Waals surface area contributed by atoms with Crippen molar-refractivity contribution in [3.8, 4) is 5.75 Å². The van der Waals surface area contributed by atoms with E-state index in [1.165, 1.54) is 29.2 Å². The van der Waals surface area contributed by atoms with Crippen LogP contribution in [0.2, 0.25) is 0 Å². The number of anilines is 2. The Kier molecular flexibility index (Phi) is 4.71. The fraction of sp³-hybridized carbons (Fsp3) is 0. The number of amides is 1. The van der Waals surface area contributed by atoms with Crippen LogP contribution in [-0.4, -0.2) is 11.0 Å². The Bertz CT molecular complexity index is 825. The van der Waals surface area contributed by atoms with Crippen molar-refractivity contribution in [3.05, 3.63) is 95.0 Å². The van der Waals surface area contributed by atoms with Crippen LogP contribution in [0, 0.1) is 10.1 Å². The molecule has 0 fully saturated rings. The van der Waals surface area contributed by atoms with E-state index in [-0.39, 0.29) is 11.4 Å². The SMILES string of the molecule is O=C(Oc1ccc([N+](=O)[O-])cc1)N(c1ccccc1)c1ccccc1. The summed E-state index contributed by atoms with van der Waals surface area (Å²) >= 11 is 0. The number of non-ortho nitro benzene ring substituents is 1. The predicted molar refractivity (Wildman–Crippen MR) is 94.1 cm³/mol. The van der Waals surface area contributed by atoms with Crippen LogP contribution in [0.15, 0.2) is 84.9 Å². The molecule has 3 aromatic carbocycles. The molecule has 0 saturated carbocycles. The van der Waals surface area contributed by atoms with Gasteiger partial charge in [-0.05, 0) is 36.4 Å². The van der Waals surface area contributed by atoms with Crippen molar-refractivity contribution in [2.75, 3.05) is 4.90 Å². The maximum atomic E-state index is 12.7. The summed E-state index contributed by atoms with van der Waals surface area (Å²) in [6.07, 6.45) is -0.605. The van der Waals surface area contributed by atoms with E-state index in [4.69, 9.17) is 4.74 Å². The summed E-state index contributed by atoms with van der Waals surface area (Å²) in [5.74, 6) is 0.229. The van der Waals surface area contributed by atoms with Gasteiger partial charge in [0.05, 0.1) is 16.3 Å². The quantitative estimate of drug-likeness (QED) is 0.501. The average Bonchev–Trinajstić information content (AvgIpc) is 2.64. The highest BCUT2D eigenvalue weighted by Crippen LogP contribution is 2.27. The summed E-state index contributed by atoms with van der Waals surface area (Å²) in [6.45, 7) is 0. The zero-order valence-electron chi connectivity index (χ0n) is 13.1. The Morgan fingerprint density at radius 1 is 0.800 bits per heavy atom. The van der Waals surface area contributed by atoms with Crippen LogP contribution in [-0.2, 0) is 0 Å². The van der Waals surface area contributed by atoms with Crippen LogP contribution in [0.4, 0.5) is 21.9 Å². The fourth-order valence-electron chi connectivity index (χ4n) is 2.30. The monoisotopic (exact) mass is 334 g/mol. The van der Waals surface area contributed by atoms with Gasteiger partial charge in [-0.15, -0.1) is 0 Å². The highest BCUT2D eigenvalue weighted by molar-refractivity contribution is 5.97. The zero-order valence-corrected chi connectivity index (χ0v) is 13.1. The van der Waals surface area contributed by atoms with Gasteiger partial charge in [-0.25, -0.2) is 9.69 Å². The second-order valence-electron chi connectivity index (χ2n) is 5.13. The molecular weight excluding hydrogens is 320 g/mol. The summed E-state index contributed by atoms with van der Waals surface area (Å²) in [4.78, 5) is 24.3. The lowest BCUT2D eigenvalue weighted by atomic mass is 10.2. The number of benzene rings is 3. The summed E-state index contributed by atoms with van der Waals surface area (Å²) < 4.78 is 5.38. The van der Waals surface area contributed by atoms with Gasteiger partial charge in [0.15, 0.2) is 0 Å². The average molecular weight is 334 g/mol. The minimum atomic E-state index is -0.605. The number of para-hydroxylation sites is 2. The van der Waals surface area contributed by atoms with Crippen molar-refractivity contribution in [1.82, 2.24) is 0 Å². The first-order valence-electron chi connectivity index (χ1n) is 7.51. The molecule has 0 heterocycles. The topological polar surface area (TPSA) is 72.7 Å². The number of hydrogen-bond donors (Lipinski definition) is 0. The number of nitrogens with zero attached hydrogens (tertiary/aromatic N) is 2. The Morgan fingerprint density at radius 3 is 1.72 bits per heavy atom. The van der Waals surface area contributed by atoms with Crippen LogP contribution in [0.25, 0.3) is 0 Å². The molecule has 0 N–H and O–H groups in total. The summed E-state index contributed by atoms with van der Waals surface area (Å²) in [6, 6.07) is 23.6. The maximum Gasteiger partial charge on any atom is 0.424 e. The van der Waals surface area contributed by atoms with Gasteiger partial charge in [-0.3, -0.25) is 10.1 Å². The van der Waals surface area contributed by atoms with Crippen LogP contribution < -0.4 is 9.64 Å². The third kappa shape index (κ3) is 3.81. The Balaban J connectivity index is 1.88. The molecule has 0 aliphatic heterocycles. The molecule has 0 bridgehead atoms. The van der Waals surface area contributed by atoms with Crippen molar-refractivity contribution in [2.45, 2.75) is 0 Å². The summed E-state index contributed by atoms with van der Waals surface area (Å²) in [5.41, 5.74) is 1.24. The first-order valence-corrected chi connectivity index (χ1v) is 7.51. The molecule has 25 heavy (non-hydrogen) atoms. The molecule has 0 unspecified atom stereocenters. The van der Waals surface area contributed by atoms with E-state index in [2.05, 4.69) is 0 Å². The van der Waals surface area contributed by atoms with E-state index in [1.54, 1.807) is 24.3 Å². The molecule has 6 heteroatoms. The van der Waals surface area contributed by atoms with E-state index >= 15 is 0 Å². The molecule has 0 aliphatic carbocycles. The van der Waals surface area contributed by atoms with Gasteiger partial charge >= 0.3 is 6.09 Å². The minimum absolute atomic E-state index is 0.0669.